The third kappa shape index (κ3) is 3.76. The number of thiazole rings is 1. The van der Waals surface area contributed by atoms with Gasteiger partial charge in [-0.15, -0.1) is 11.3 Å². The van der Waals surface area contributed by atoms with Crippen molar-refractivity contribution < 1.29 is 4.79 Å². The number of carbonyl (C=O) groups excluding carboxylic acids is 1. The number of fused-ring (bicyclic) bond motifs is 1. The lowest BCUT2D eigenvalue weighted by Crippen LogP contribution is -2.33. The molecule has 0 atom stereocenters. The molecule has 0 radical (unpaired) electrons. The molecule has 3 rings (SSSR count). The van der Waals surface area contributed by atoms with Crippen LogP contribution in [0.3, 0.4) is 0 Å². The summed E-state index contributed by atoms with van der Waals surface area (Å²) in [5.74, 6) is -0.249. The van der Waals surface area contributed by atoms with Crippen molar-refractivity contribution in [1.82, 2.24) is 20.1 Å². The van der Waals surface area contributed by atoms with Gasteiger partial charge in [0.1, 0.15) is 6.54 Å². The molecule has 130 valence electrons. The third-order valence-electron chi connectivity index (χ3n) is 3.88. The zero-order chi connectivity index (χ0) is 18.0. The second kappa shape index (κ2) is 7.14. The Morgan fingerprint density at radius 2 is 2.12 bits per heavy atom. The number of hydrogen-bond donors (Lipinski definition) is 1. The third-order valence-corrected chi connectivity index (χ3v) is 5.18. The van der Waals surface area contributed by atoms with Crippen molar-refractivity contribution in [2.45, 2.75) is 40.3 Å². The van der Waals surface area contributed by atoms with Crippen LogP contribution in [0.5, 0.6) is 0 Å². The lowest BCUT2D eigenvalue weighted by Gasteiger charge is -2.08. The van der Waals surface area contributed by atoms with Gasteiger partial charge in [0.05, 0.1) is 15.4 Å². The standard InChI is InChI=1S/C18H20N4O2S/c1-4-15-20-16-17(25-15)12(3)21-22(18(16)24)10-14(23)19-9-13-7-5-6-11(2)8-13/h5-8H,4,9-10H2,1-3H3,(H,19,23). The van der Waals surface area contributed by atoms with Crippen molar-refractivity contribution in [2.24, 2.45) is 0 Å². The van der Waals surface area contributed by atoms with E-state index in [1.165, 1.54) is 16.0 Å². The maximum atomic E-state index is 12.5. The van der Waals surface area contributed by atoms with Crippen LogP contribution in [0.2, 0.25) is 0 Å². The van der Waals surface area contributed by atoms with Crippen LogP contribution < -0.4 is 10.9 Å². The van der Waals surface area contributed by atoms with E-state index in [0.29, 0.717) is 12.1 Å². The highest BCUT2D eigenvalue weighted by Crippen LogP contribution is 2.21. The average molecular weight is 356 g/mol. The maximum Gasteiger partial charge on any atom is 0.294 e. The molecule has 0 unspecified atom stereocenters. The summed E-state index contributed by atoms with van der Waals surface area (Å²) in [6, 6.07) is 7.93. The van der Waals surface area contributed by atoms with Gasteiger partial charge >= 0.3 is 0 Å². The van der Waals surface area contributed by atoms with Crippen LogP contribution in [0, 0.1) is 13.8 Å². The van der Waals surface area contributed by atoms with E-state index in [9.17, 15) is 9.59 Å². The molecule has 2 heterocycles. The van der Waals surface area contributed by atoms with Crippen LogP contribution in [-0.4, -0.2) is 20.7 Å². The summed E-state index contributed by atoms with van der Waals surface area (Å²) in [6.45, 7) is 6.15. The van der Waals surface area contributed by atoms with E-state index < -0.39 is 0 Å². The minimum absolute atomic E-state index is 0.111. The van der Waals surface area contributed by atoms with Crippen LogP contribution in [0.15, 0.2) is 29.1 Å². The monoisotopic (exact) mass is 356 g/mol. The Kier molecular flexibility index (Phi) is 4.94. The van der Waals surface area contributed by atoms with E-state index in [4.69, 9.17) is 0 Å². The van der Waals surface area contributed by atoms with Gasteiger partial charge < -0.3 is 5.32 Å². The summed E-state index contributed by atoms with van der Waals surface area (Å²) in [6.07, 6.45) is 0.773. The number of rotatable bonds is 5. The molecule has 0 aliphatic rings. The van der Waals surface area contributed by atoms with E-state index in [0.717, 1.165) is 32.9 Å². The smallest absolute Gasteiger partial charge is 0.294 e. The SMILES string of the molecule is CCc1nc2c(=O)n(CC(=O)NCc3cccc(C)c3)nc(C)c2s1. The summed E-state index contributed by atoms with van der Waals surface area (Å²) in [4.78, 5) is 29.1. The van der Waals surface area contributed by atoms with Crippen molar-refractivity contribution in [1.29, 1.82) is 0 Å². The Labute approximate surface area is 149 Å². The molecule has 0 saturated heterocycles. The molecule has 6 nitrogen and oxygen atoms in total. The fourth-order valence-corrected chi connectivity index (χ4v) is 3.56. The second-order valence-electron chi connectivity index (χ2n) is 5.95. The Morgan fingerprint density at radius 1 is 1.32 bits per heavy atom. The number of hydrogen-bond acceptors (Lipinski definition) is 5. The van der Waals surface area contributed by atoms with Gasteiger partial charge in [0.15, 0.2) is 5.52 Å². The quantitative estimate of drug-likeness (QED) is 0.761. The molecule has 1 aromatic carbocycles. The van der Waals surface area contributed by atoms with E-state index >= 15 is 0 Å². The topological polar surface area (TPSA) is 76.9 Å². The van der Waals surface area contributed by atoms with Gasteiger partial charge in [-0.3, -0.25) is 9.59 Å². The van der Waals surface area contributed by atoms with Crippen LogP contribution in [-0.2, 0) is 24.3 Å². The van der Waals surface area contributed by atoms with Crippen molar-refractivity contribution in [2.75, 3.05) is 0 Å². The molecule has 7 heteroatoms. The first-order chi connectivity index (χ1) is 12.0. The summed E-state index contributed by atoms with van der Waals surface area (Å²) in [5, 5.41) is 8.00. The molecule has 0 bridgehead atoms. The molecule has 25 heavy (non-hydrogen) atoms. The average Bonchev–Trinajstić information content (AvgIpc) is 3.03. The molecule has 2 aromatic heterocycles. The van der Waals surface area contributed by atoms with Gasteiger partial charge in [0.2, 0.25) is 5.91 Å². The summed E-state index contributed by atoms with van der Waals surface area (Å²) in [5.41, 5.74) is 2.97. The van der Waals surface area contributed by atoms with Gasteiger partial charge in [0, 0.05) is 6.54 Å². The molecular formula is C18H20N4O2S. The molecular weight excluding hydrogens is 336 g/mol. The Hall–Kier alpha value is -2.54. The highest BCUT2D eigenvalue weighted by atomic mass is 32.1. The number of amides is 1. The predicted molar refractivity (Wildman–Crippen MR) is 98.8 cm³/mol. The van der Waals surface area contributed by atoms with Gasteiger partial charge in [-0.05, 0) is 25.8 Å². The zero-order valence-electron chi connectivity index (χ0n) is 14.5. The van der Waals surface area contributed by atoms with E-state index in [2.05, 4.69) is 15.4 Å². The van der Waals surface area contributed by atoms with E-state index in [1.807, 2.05) is 45.0 Å². The predicted octanol–water partition coefficient (Wildman–Crippen LogP) is 2.35. The van der Waals surface area contributed by atoms with E-state index in [1.54, 1.807) is 0 Å². The number of nitrogens with one attached hydrogen (secondary N) is 1. The highest BCUT2D eigenvalue weighted by molar-refractivity contribution is 7.18. The summed E-state index contributed by atoms with van der Waals surface area (Å²) >= 11 is 1.49. The lowest BCUT2D eigenvalue weighted by atomic mass is 10.1. The van der Waals surface area contributed by atoms with Crippen LogP contribution in [0.4, 0.5) is 0 Å². The van der Waals surface area contributed by atoms with Crippen molar-refractivity contribution >= 4 is 27.5 Å². The van der Waals surface area contributed by atoms with Gasteiger partial charge in [0.25, 0.3) is 5.56 Å². The molecule has 0 saturated carbocycles. The Bertz CT molecular complexity index is 990. The van der Waals surface area contributed by atoms with Crippen LogP contribution in [0.25, 0.3) is 10.2 Å². The van der Waals surface area contributed by atoms with Crippen molar-refractivity contribution in [3.63, 3.8) is 0 Å². The van der Waals surface area contributed by atoms with Crippen LogP contribution in [0.1, 0.15) is 28.8 Å². The molecule has 0 fully saturated rings. The summed E-state index contributed by atoms with van der Waals surface area (Å²) < 4.78 is 2.00. The normalized spacial score (nSPS) is 11.0. The number of carbonyl (C=O) groups is 1. The maximum absolute atomic E-state index is 12.5. The number of aryl methyl sites for hydroxylation is 3. The molecule has 0 aliphatic heterocycles. The van der Waals surface area contributed by atoms with Crippen molar-refractivity contribution in [3.05, 3.63) is 56.4 Å². The zero-order valence-corrected chi connectivity index (χ0v) is 15.3. The minimum Gasteiger partial charge on any atom is -0.350 e. The molecule has 1 N–H and O–H groups in total. The fraction of sp³-hybridized carbons (Fsp3) is 0.333. The van der Waals surface area contributed by atoms with E-state index in [-0.39, 0.29) is 18.0 Å². The second-order valence-corrected chi connectivity index (χ2v) is 7.04. The largest absolute Gasteiger partial charge is 0.350 e. The first kappa shape index (κ1) is 17.3. The number of benzene rings is 1. The van der Waals surface area contributed by atoms with Gasteiger partial charge in [-0.1, -0.05) is 36.8 Å². The Morgan fingerprint density at radius 3 is 2.84 bits per heavy atom. The minimum atomic E-state index is -0.317. The molecule has 1 amide bonds. The first-order valence-corrected chi connectivity index (χ1v) is 8.99. The lowest BCUT2D eigenvalue weighted by molar-refractivity contribution is -0.122. The molecule has 0 aliphatic carbocycles. The fourth-order valence-electron chi connectivity index (χ4n) is 2.62. The van der Waals surface area contributed by atoms with Gasteiger partial charge in [-0.2, -0.15) is 5.10 Å². The number of aromatic nitrogens is 3. The van der Waals surface area contributed by atoms with Gasteiger partial charge in [-0.25, -0.2) is 9.67 Å². The Balaban J connectivity index is 1.77. The molecule has 0 spiro atoms. The number of nitrogens with zero attached hydrogens (tertiary/aromatic N) is 3. The van der Waals surface area contributed by atoms with Crippen molar-refractivity contribution in [3.8, 4) is 0 Å². The van der Waals surface area contributed by atoms with Crippen LogP contribution >= 0.6 is 11.3 Å². The summed E-state index contributed by atoms with van der Waals surface area (Å²) in [7, 11) is 0. The molecule has 3 aromatic rings. The first-order valence-electron chi connectivity index (χ1n) is 8.17. The highest BCUT2D eigenvalue weighted by Gasteiger charge is 2.15.